The van der Waals surface area contributed by atoms with Gasteiger partial charge in [-0.2, -0.15) is 0 Å². The van der Waals surface area contributed by atoms with Gasteiger partial charge in [-0.15, -0.1) is 20.3 Å². The lowest BCUT2D eigenvalue weighted by Gasteiger charge is -2.14. The number of hydrogen-bond donors (Lipinski definition) is 0. The first kappa shape index (κ1) is 60.9. The molecule has 5 rings (SSSR count). The minimum atomic E-state index is -0.966. The van der Waals surface area contributed by atoms with Crippen LogP contribution in [0.4, 0.5) is 0 Å². The Labute approximate surface area is 392 Å². The van der Waals surface area contributed by atoms with Crippen molar-refractivity contribution in [2.45, 2.75) is 165 Å². The molecule has 0 aromatic rings. The third-order valence-corrected chi connectivity index (χ3v) is 9.27. The molecule has 5 saturated heterocycles. The molecular weight excluding hydrogens is 906 g/mol. The predicted octanol–water partition coefficient (Wildman–Crippen LogP) is 2.14. The molecule has 5 fully saturated rings. The first-order valence-electron chi connectivity index (χ1n) is 21.9. The van der Waals surface area contributed by atoms with E-state index >= 15 is 0 Å². The van der Waals surface area contributed by atoms with Crippen LogP contribution in [0.25, 0.3) is 0 Å². The van der Waals surface area contributed by atoms with Crippen LogP contribution in [0.15, 0.2) is 0 Å². The number of ketones is 2. The van der Waals surface area contributed by atoms with E-state index in [0.29, 0.717) is 46.1 Å². The number of imide groups is 5. The summed E-state index contributed by atoms with van der Waals surface area (Å²) in [7, 11) is 0. The SMILES string of the molecule is CC(=O)C(C)C(=O)ON1C(=O)CCC1=O.CC(=O)ON1C(=O)CCC1=O.CCC(=O)ON1C(=O)CCC1=O.CCC(C)=O.CCCCCCC(=O)ON1C(=O)CCC1=O.CCN1C(=O)CCC1=O. The number of rotatable bonds is 14. The van der Waals surface area contributed by atoms with Crippen LogP contribution in [-0.2, 0) is 96.1 Å². The highest BCUT2D eigenvalue weighted by Gasteiger charge is 2.36. The number of unbranched alkanes of at least 4 members (excludes halogenated alkanes) is 3. The molecule has 0 N–H and O–H groups in total. The monoisotopic (exact) mass is 967 g/mol. The topological polar surface area (TPSA) is 326 Å². The first-order valence-corrected chi connectivity index (χ1v) is 21.9. The van der Waals surface area contributed by atoms with Crippen molar-refractivity contribution in [3.8, 4) is 0 Å². The van der Waals surface area contributed by atoms with Crippen LogP contribution < -0.4 is 0 Å². The highest BCUT2D eigenvalue weighted by molar-refractivity contribution is 6.05. The molecule has 1 unspecified atom stereocenters. The maximum absolute atomic E-state index is 11.3. The fraction of sp³-hybridized carbons (Fsp3) is 0.628. The Morgan fingerprint density at radius 3 is 1.04 bits per heavy atom. The molecule has 0 radical (unpaired) electrons. The van der Waals surface area contributed by atoms with E-state index in [-0.39, 0.29) is 87.6 Å². The Morgan fingerprint density at radius 1 is 0.441 bits per heavy atom. The highest BCUT2D eigenvalue weighted by atomic mass is 16.7. The fourth-order valence-electron chi connectivity index (χ4n) is 5.08. The van der Waals surface area contributed by atoms with Crippen LogP contribution in [0.5, 0.6) is 0 Å². The van der Waals surface area contributed by atoms with Crippen molar-refractivity contribution in [3.63, 3.8) is 0 Å². The molecule has 0 aliphatic carbocycles. The standard InChI is InChI=1S/C11H17NO4.C9H11NO5.C7H9NO4.C6H7NO4.C6H9NO2.C4H8O/c1-2-3-4-5-6-11(15)16-12-9(13)7-8-10(12)14;1-5(6(2)11)9(14)15-10-7(12)3-4-8(10)13;1-2-7(11)12-8-5(9)3-4-6(8)10;1-4(8)11-7-5(9)2-3-6(7)10;1-2-7-5(8)3-4-6(7)9;1-3-4(2)5/h2-8H2,1H3;5H,3-4H2,1-2H3;2-4H2,1H3;2-3H2,1H3;2-4H2,1H3;3H2,1-2H3. The van der Waals surface area contributed by atoms with Gasteiger partial charge in [-0.05, 0) is 34.1 Å². The molecule has 0 aromatic heterocycles. The van der Waals surface area contributed by atoms with Gasteiger partial charge in [-0.1, -0.05) is 40.0 Å². The normalized spacial score (nSPS) is 16.6. The summed E-state index contributed by atoms with van der Waals surface area (Å²) in [6, 6.07) is 0. The molecule has 68 heavy (non-hydrogen) atoms. The smallest absolute Gasteiger partial charge is 0.331 e. The van der Waals surface area contributed by atoms with Crippen LogP contribution in [0.1, 0.15) is 165 Å². The Kier molecular flexibility index (Phi) is 28.5. The van der Waals surface area contributed by atoms with Gasteiger partial charge in [0.25, 0.3) is 47.3 Å². The third-order valence-electron chi connectivity index (χ3n) is 9.27. The Balaban J connectivity index is 0.000000813. The van der Waals surface area contributed by atoms with Crippen molar-refractivity contribution >= 4 is 94.5 Å². The van der Waals surface area contributed by atoms with Crippen molar-refractivity contribution in [2.75, 3.05) is 6.54 Å². The second-order valence-corrected chi connectivity index (χ2v) is 14.8. The number of carbonyl (C=O) groups is 16. The summed E-state index contributed by atoms with van der Waals surface area (Å²) < 4.78 is 0. The van der Waals surface area contributed by atoms with Gasteiger partial charge in [0.05, 0.1) is 0 Å². The third kappa shape index (κ3) is 22.4. The van der Waals surface area contributed by atoms with Crippen molar-refractivity contribution in [1.29, 1.82) is 0 Å². The molecule has 0 aromatic carbocycles. The number of hydrogen-bond acceptors (Lipinski definition) is 20. The second-order valence-electron chi connectivity index (χ2n) is 14.8. The van der Waals surface area contributed by atoms with E-state index < -0.39 is 77.1 Å². The fourth-order valence-corrected chi connectivity index (χ4v) is 5.08. The molecule has 1 atom stereocenters. The summed E-state index contributed by atoms with van der Waals surface area (Å²) in [5.41, 5.74) is 0. The molecule has 5 heterocycles. The van der Waals surface area contributed by atoms with Gasteiger partial charge in [0, 0.05) is 96.9 Å². The zero-order chi connectivity index (χ0) is 52.3. The van der Waals surface area contributed by atoms with E-state index in [0.717, 1.165) is 32.6 Å². The van der Waals surface area contributed by atoms with Crippen molar-refractivity contribution in [1.82, 2.24) is 25.2 Å². The van der Waals surface area contributed by atoms with E-state index in [4.69, 9.17) is 4.84 Å². The number of hydroxylamine groups is 8. The predicted molar refractivity (Wildman–Crippen MR) is 226 cm³/mol. The Hall–Kier alpha value is -7.08. The Bertz CT molecular complexity index is 1870. The van der Waals surface area contributed by atoms with Crippen LogP contribution in [-0.4, -0.2) is 126 Å². The Morgan fingerprint density at radius 2 is 0.765 bits per heavy atom. The molecule has 0 spiro atoms. The molecule has 10 amide bonds. The highest BCUT2D eigenvalue weighted by Crippen LogP contribution is 2.16. The maximum Gasteiger partial charge on any atom is 0.343 e. The summed E-state index contributed by atoms with van der Waals surface area (Å²) in [5, 5.41) is 2.10. The van der Waals surface area contributed by atoms with E-state index in [9.17, 15) is 76.7 Å². The summed E-state index contributed by atoms with van der Waals surface area (Å²) >= 11 is 0. The van der Waals surface area contributed by atoms with E-state index in [2.05, 4.69) is 21.4 Å². The lowest BCUT2D eigenvalue weighted by atomic mass is 10.1. The molecule has 25 heteroatoms. The summed E-state index contributed by atoms with van der Waals surface area (Å²) in [4.78, 5) is 193. The zero-order valence-electron chi connectivity index (χ0n) is 39.7. The minimum Gasteiger partial charge on any atom is -0.331 e. The summed E-state index contributed by atoms with van der Waals surface area (Å²) in [6.07, 6.45) is 6.67. The average molecular weight is 968 g/mol. The van der Waals surface area contributed by atoms with E-state index in [1.54, 1.807) is 20.8 Å². The molecule has 378 valence electrons. The molecular formula is C43H61N5O20. The zero-order valence-corrected chi connectivity index (χ0v) is 39.7. The maximum atomic E-state index is 11.3. The average Bonchev–Trinajstić information content (AvgIpc) is 4.08. The van der Waals surface area contributed by atoms with Gasteiger partial charge in [0.1, 0.15) is 17.5 Å². The minimum absolute atomic E-state index is 0.0255. The van der Waals surface area contributed by atoms with Gasteiger partial charge < -0.3 is 24.1 Å². The van der Waals surface area contributed by atoms with Crippen LogP contribution >= 0.6 is 0 Å². The number of nitrogens with zero attached hydrogens (tertiary/aromatic N) is 5. The number of likely N-dealkylation sites (tertiary alicyclic amines) is 1. The molecule has 0 bridgehead atoms. The summed E-state index contributed by atoms with van der Waals surface area (Å²) in [6.45, 7) is 13.2. The molecule has 0 saturated carbocycles. The first-order chi connectivity index (χ1) is 31.9. The van der Waals surface area contributed by atoms with E-state index in [1.807, 2.05) is 6.92 Å². The van der Waals surface area contributed by atoms with Gasteiger partial charge in [0.15, 0.2) is 0 Å². The number of amides is 10. The van der Waals surface area contributed by atoms with Gasteiger partial charge in [-0.3, -0.25) is 57.6 Å². The van der Waals surface area contributed by atoms with Crippen LogP contribution in [0.2, 0.25) is 0 Å². The van der Waals surface area contributed by atoms with Gasteiger partial charge >= 0.3 is 23.9 Å². The van der Waals surface area contributed by atoms with Crippen molar-refractivity contribution in [2.24, 2.45) is 5.92 Å². The number of Topliss-reactive ketones (excluding diaryl/α,β-unsaturated/α-hetero) is 2. The quantitative estimate of drug-likeness (QED) is 0.137. The lowest BCUT2D eigenvalue weighted by molar-refractivity contribution is -0.200. The van der Waals surface area contributed by atoms with Crippen LogP contribution in [0.3, 0.4) is 0 Å². The molecule has 5 aliphatic rings. The largest absolute Gasteiger partial charge is 0.343 e. The van der Waals surface area contributed by atoms with Gasteiger partial charge in [-0.25, -0.2) is 19.2 Å². The van der Waals surface area contributed by atoms with E-state index in [1.165, 1.54) is 18.7 Å². The summed E-state index contributed by atoms with van der Waals surface area (Å²) in [5.74, 6) is -7.50. The van der Waals surface area contributed by atoms with Crippen molar-refractivity contribution in [3.05, 3.63) is 0 Å². The lowest BCUT2D eigenvalue weighted by Crippen LogP contribution is -2.35. The number of carbonyl (C=O) groups excluding carboxylic acids is 16. The van der Waals surface area contributed by atoms with Crippen LogP contribution in [0, 0.1) is 5.92 Å². The second kappa shape index (κ2) is 31.8. The molecule has 5 aliphatic heterocycles. The molecule has 25 nitrogen and oxygen atoms in total. The van der Waals surface area contributed by atoms with Crippen molar-refractivity contribution < 1.29 is 96.1 Å². The van der Waals surface area contributed by atoms with Gasteiger partial charge in [0.2, 0.25) is 11.8 Å².